The molecule has 174 valence electrons. The molecule has 0 radical (unpaired) electrons. The summed E-state index contributed by atoms with van der Waals surface area (Å²) in [6.07, 6.45) is 0.609. The van der Waals surface area contributed by atoms with E-state index in [0.717, 1.165) is 16.0 Å². The van der Waals surface area contributed by atoms with Gasteiger partial charge >= 0.3 is 0 Å². The first-order chi connectivity index (χ1) is 16.3. The van der Waals surface area contributed by atoms with Crippen LogP contribution in [0.4, 0.5) is 0 Å². The maximum absolute atomic E-state index is 13.2. The number of hydrogen-bond acceptors (Lipinski definition) is 5. The van der Waals surface area contributed by atoms with Crippen LogP contribution in [-0.4, -0.2) is 43.6 Å². The van der Waals surface area contributed by atoms with Crippen LogP contribution in [0.25, 0.3) is 0 Å². The molecule has 0 aliphatic carbocycles. The fourth-order valence-corrected chi connectivity index (χ4v) is 4.44. The molecule has 1 aliphatic rings. The highest BCUT2D eigenvalue weighted by Gasteiger charge is 2.42. The number of carbonyl (C=O) groups is 3. The molecule has 4 rings (SSSR count). The van der Waals surface area contributed by atoms with Crippen LogP contribution in [0.1, 0.15) is 31.8 Å². The number of nitrogens with zero attached hydrogens (tertiary/aromatic N) is 1. The van der Waals surface area contributed by atoms with Gasteiger partial charge in [-0.25, -0.2) is 13.6 Å². The molecular weight excluding hydrogens is 454 g/mol. The summed E-state index contributed by atoms with van der Waals surface area (Å²) >= 11 is 0. The number of hydrogen-bond donors (Lipinski definition) is 2. The third-order valence-electron chi connectivity index (χ3n) is 5.68. The van der Waals surface area contributed by atoms with E-state index in [-0.39, 0.29) is 29.0 Å². The van der Waals surface area contributed by atoms with Crippen LogP contribution < -0.4 is 10.5 Å². The maximum atomic E-state index is 13.2. The van der Waals surface area contributed by atoms with Gasteiger partial charge in [0.25, 0.3) is 11.8 Å². The lowest BCUT2D eigenvalue weighted by Crippen LogP contribution is -2.51. The van der Waals surface area contributed by atoms with Crippen molar-refractivity contribution in [3.63, 3.8) is 0 Å². The summed E-state index contributed by atoms with van der Waals surface area (Å²) in [6, 6.07) is 20.8. The van der Waals surface area contributed by atoms with E-state index in [0.29, 0.717) is 6.42 Å². The summed E-state index contributed by atoms with van der Waals surface area (Å²) in [5, 5.41) is 7.93. The lowest BCUT2D eigenvalue weighted by atomic mass is 10.0. The zero-order valence-electron chi connectivity index (χ0n) is 18.2. The van der Waals surface area contributed by atoms with E-state index >= 15 is 0 Å². The summed E-state index contributed by atoms with van der Waals surface area (Å²) in [7, 11) is -3.78. The van der Waals surface area contributed by atoms with E-state index in [9.17, 15) is 22.8 Å². The van der Waals surface area contributed by atoms with Crippen molar-refractivity contribution in [1.29, 1.82) is 0 Å². The van der Waals surface area contributed by atoms with Crippen LogP contribution in [0.3, 0.4) is 0 Å². The summed E-state index contributed by atoms with van der Waals surface area (Å²) in [6.45, 7) is 0.238. The molecule has 34 heavy (non-hydrogen) atoms. The second-order valence-corrected chi connectivity index (χ2v) is 9.52. The van der Waals surface area contributed by atoms with E-state index in [4.69, 9.17) is 5.14 Å². The Morgan fingerprint density at radius 3 is 1.94 bits per heavy atom. The van der Waals surface area contributed by atoms with Gasteiger partial charge in [-0.05, 0) is 41.8 Å². The molecule has 1 heterocycles. The van der Waals surface area contributed by atoms with E-state index in [2.05, 4.69) is 5.32 Å². The molecule has 3 N–H and O–H groups in total. The molecule has 0 fully saturated rings. The van der Waals surface area contributed by atoms with E-state index in [1.807, 2.05) is 30.3 Å². The van der Waals surface area contributed by atoms with Gasteiger partial charge in [-0.15, -0.1) is 0 Å². The predicted octanol–water partition coefficient (Wildman–Crippen LogP) is 1.90. The Bertz CT molecular complexity index is 1300. The standard InChI is InChI=1S/C25H23N3O5S/c26-34(32,33)19-12-10-17(11-13-19)14-15-27-23(29)22(16-18-6-2-1-3-7-18)28-24(30)20-8-4-5-9-21(20)25(28)31/h1-13,22H,14-16H2,(H,27,29)(H2,26,32,33). The monoisotopic (exact) mass is 477 g/mol. The molecule has 9 heteroatoms. The molecule has 8 nitrogen and oxygen atoms in total. The Hall–Kier alpha value is -3.82. The smallest absolute Gasteiger partial charge is 0.262 e. The number of nitrogens with two attached hydrogens (primary N) is 1. The van der Waals surface area contributed by atoms with Gasteiger partial charge in [0.15, 0.2) is 0 Å². The van der Waals surface area contributed by atoms with Crippen LogP contribution in [-0.2, 0) is 27.7 Å². The van der Waals surface area contributed by atoms with Gasteiger partial charge < -0.3 is 5.32 Å². The van der Waals surface area contributed by atoms with Crippen LogP contribution in [0.15, 0.2) is 83.8 Å². The number of sulfonamides is 1. The van der Waals surface area contributed by atoms with Gasteiger partial charge in [-0.3, -0.25) is 19.3 Å². The highest BCUT2D eigenvalue weighted by molar-refractivity contribution is 7.89. The molecule has 3 aromatic rings. The number of fused-ring (bicyclic) bond motifs is 1. The minimum atomic E-state index is -3.78. The normalized spacial score (nSPS) is 14.1. The predicted molar refractivity (Wildman–Crippen MR) is 125 cm³/mol. The van der Waals surface area contributed by atoms with Gasteiger partial charge in [0, 0.05) is 13.0 Å². The van der Waals surface area contributed by atoms with Gasteiger partial charge in [0.2, 0.25) is 15.9 Å². The maximum Gasteiger partial charge on any atom is 0.262 e. The molecule has 3 amide bonds. The summed E-state index contributed by atoms with van der Waals surface area (Å²) in [5.41, 5.74) is 2.19. The number of primary sulfonamides is 1. The van der Waals surface area contributed by atoms with Crippen molar-refractivity contribution < 1.29 is 22.8 Å². The van der Waals surface area contributed by atoms with Crippen molar-refractivity contribution in [3.05, 3.63) is 101 Å². The average Bonchev–Trinajstić information content (AvgIpc) is 3.08. The third kappa shape index (κ3) is 4.90. The van der Waals surface area contributed by atoms with Crippen LogP contribution in [0.5, 0.6) is 0 Å². The molecule has 0 saturated heterocycles. The Morgan fingerprint density at radius 1 is 0.824 bits per heavy atom. The minimum absolute atomic E-state index is 0.00818. The van der Waals surface area contributed by atoms with Crippen LogP contribution in [0.2, 0.25) is 0 Å². The van der Waals surface area contributed by atoms with Crippen molar-refractivity contribution >= 4 is 27.7 Å². The Kier molecular flexibility index (Phi) is 6.58. The summed E-state index contributed by atoms with van der Waals surface area (Å²) in [4.78, 5) is 40.3. The topological polar surface area (TPSA) is 127 Å². The van der Waals surface area contributed by atoms with Gasteiger partial charge in [0.05, 0.1) is 16.0 Å². The van der Waals surface area contributed by atoms with Gasteiger partial charge in [-0.2, -0.15) is 0 Å². The minimum Gasteiger partial charge on any atom is -0.354 e. The number of nitrogens with one attached hydrogen (secondary N) is 1. The van der Waals surface area contributed by atoms with Crippen molar-refractivity contribution in [2.45, 2.75) is 23.8 Å². The largest absolute Gasteiger partial charge is 0.354 e. The SMILES string of the molecule is NS(=O)(=O)c1ccc(CCNC(=O)C(Cc2ccccc2)N2C(=O)c3ccccc3C2=O)cc1. The molecule has 3 aromatic carbocycles. The lowest BCUT2D eigenvalue weighted by molar-refractivity contribution is -0.125. The van der Waals surface area contributed by atoms with E-state index < -0.39 is 33.8 Å². The van der Waals surface area contributed by atoms with Gasteiger partial charge in [-0.1, -0.05) is 54.6 Å². The molecule has 1 unspecified atom stereocenters. The molecule has 0 saturated carbocycles. The number of rotatable bonds is 8. The Balaban J connectivity index is 1.50. The zero-order chi connectivity index (χ0) is 24.3. The van der Waals surface area contributed by atoms with Crippen molar-refractivity contribution in [2.24, 2.45) is 5.14 Å². The summed E-state index contributed by atoms with van der Waals surface area (Å²) in [5.74, 6) is -1.43. The highest BCUT2D eigenvalue weighted by atomic mass is 32.2. The van der Waals surface area contributed by atoms with Crippen LogP contribution in [0, 0.1) is 0 Å². The Morgan fingerprint density at radius 2 is 1.38 bits per heavy atom. The van der Waals surface area contributed by atoms with E-state index in [1.165, 1.54) is 12.1 Å². The molecule has 1 aliphatic heterocycles. The molecule has 0 aromatic heterocycles. The second-order valence-electron chi connectivity index (χ2n) is 7.96. The van der Waals surface area contributed by atoms with Crippen molar-refractivity contribution in [3.8, 4) is 0 Å². The Labute approximate surface area is 197 Å². The van der Waals surface area contributed by atoms with Crippen molar-refractivity contribution in [1.82, 2.24) is 10.2 Å². The zero-order valence-corrected chi connectivity index (χ0v) is 19.0. The molecule has 1 atom stereocenters. The average molecular weight is 478 g/mol. The third-order valence-corrected chi connectivity index (χ3v) is 6.61. The quantitative estimate of drug-likeness (QED) is 0.479. The highest BCUT2D eigenvalue weighted by Crippen LogP contribution is 2.26. The number of benzene rings is 3. The van der Waals surface area contributed by atoms with Crippen LogP contribution >= 0.6 is 0 Å². The number of imide groups is 1. The number of carbonyl (C=O) groups excluding carboxylic acids is 3. The van der Waals surface area contributed by atoms with Crippen molar-refractivity contribution in [2.75, 3.05) is 6.54 Å². The van der Waals surface area contributed by atoms with E-state index in [1.54, 1.807) is 36.4 Å². The first-order valence-corrected chi connectivity index (χ1v) is 12.2. The molecular formula is C25H23N3O5S. The fraction of sp³-hybridized carbons (Fsp3) is 0.160. The van der Waals surface area contributed by atoms with Gasteiger partial charge in [0.1, 0.15) is 6.04 Å². The second kappa shape index (κ2) is 9.58. The first kappa shape index (κ1) is 23.3. The first-order valence-electron chi connectivity index (χ1n) is 10.7. The summed E-state index contributed by atoms with van der Waals surface area (Å²) < 4.78 is 22.8. The molecule has 0 bridgehead atoms. The molecule has 0 spiro atoms. The number of amides is 3. The lowest BCUT2D eigenvalue weighted by Gasteiger charge is -2.25. The fourth-order valence-electron chi connectivity index (χ4n) is 3.92.